The predicted octanol–water partition coefficient (Wildman–Crippen LogP) is 4.03. The molecular formula is C22H25F3N2O3S. The number of nitrogens with one attached hydrogen (secondary N) is 1. The molecule has 1 fully saturated rings. The number of carbonyl (C=O) groups is 1. The molecular weight excluding hydrogens is 429 g/mol. The van der Waals surface area contributed by atoms with Gasteiger partial charge in [-0.15, -0.1) is 0 Å². The molecule has 0 aliphatic carbocycles. The number of amides is 1. The van der Waals surface area contributed by atoms with Crippen molar-refractivity contribution in [2.24, 2.45) is 5.92 Å². The Morgan fingerprint density at radius 3 is 2.26 bits per heavy atom. The van der Waals surface area contributed by atoms with Gasteiger partial charge < -0.3 is 5.32 Å². The molecule has 31 heavy (non-hydrogen) atoms. The maximum Gasteiger partial charge on any atom is 0.417 e. The summed E-state index contributed by atoms with van der Waals surface area (Å²) in [5.74, 6) is -0.396. The van der Waals surface area contributed by atoms with Crippen LogP contribution in [0.2, 0.25) is 0 Å². The first-order valence-electron chi connectivity index (χ1n) is 10.1. The third-order valence-electron chi connectivity index (χ3n) is 5.59. The lowest BCUT2D eigenvalue weighted by Gasteiger charge is -2.31. The topological polar surface area (TPSA) is 66.5 Å². The monoisotopic (exact) mass is 454 g/mol. The van der Waals surface area contributed by atoms with Crippen LogP contribution in [0.5, 0.6) is 0 Å². The molecule has 5 nitrogen and oxygen atoms in total. The van der Waals surface area contributed by atoms with E-state index in [1.807, 2.05) is 37.3 Å². The van der Waals surface area contributed by atoms with E-state index >= 15 is 0 Å². The second-order valence-corrected chi connectivity index (χ2v) is 9.64. The maximum absolute atomic E-state index is 13.3. The molecule has 0 saturated carbocycles. The van der Waals surface area contributed by atoms with E-state index in [2.05, 4.69) is 5.32 Å². The van der Waals surface area contributed by atoms with Crippen molar-refractivity contribution in [1.82, 2.24) is 9.62 Å². The van der Waals surface area contributed by atoms with Crippen LogP contribution in [0.15, 0.2) is 59.5 Å². The van der Waals surface area contributed by atoms with Crippen LogP contribution in [0.1, 0.15) is 36.8 Å². The number of hydrogen-bond donors (Lipinski definition) is 1. The van der Waals surface area contributed by atoms with Gasteiger partial charge in [0, 0.05) is 25.6 Å². The highest BCUT2D eigenvalue weighted by Crippen LogP contribution is 2.36. The summed E-state index contributed by atoms with van der Waals surface area (Å²) >= 11 is 0. The van der Waals surface area contributed by atoms with Gasteiger partial charge in [-0.3, -0.25) is 4.79 Å². The number of rotatable bonds is 6. The molecule has 0 radical (unpaired) electrons. The van der Waals surface area contributed by atoms with Gasteiger partial charge in [-0.2, -0.15) is 17.5 Å². The second kappa shape index (κ2) is 9.40. The van der Waals surface area contributed by atoms with Crippen molar-refractivity contribution in [3.05, 3.63) is 65.7 Å². The standard InChI is InChI=1S/C22H25F3N2O3S/c1-16(17-7-3-2-4-8-17)15-26-21(28)18-11-13-27(14-12-18)31(29,30)20-10-6-5-9-19(20)22(23,24)25/h2-10,16,18H,11-15H2,1H3,(H,26,28). The zero-order valence-electron chi connectivity index (χ0n) is 17.1. The quantitative estimate of drug-likeness (QED) is 0.717. The van der Waals surface area contributed by atoms with Crippen LogP contribution < -0.4 is 5.32 Å². The number of halogens is 3. The van der Waals surface area contributed by atoms with Gasteiger partial charge in [-0.25, -0.2) is 8.42 Å². The van der Waals surface area contributed by atoms with Crippen molar-refractivity contribution in [1.29, 1.82) is 0 Å². The normalized spacial score (nSPS) is 17.3. The lowest BCUT2D eigenvalue weighted by molar-refractivity contribution is -0.139. The van der Waals surface area contributed by atoms with Crippen LogP contribution in [0.25, 0.3) is 0 Å². The molecule has 0 spiro atoms. The van der Waals surface area contributed by atoms with E-state index in [4.69, 9.17) is 0 Å². The fraction of sp³-hybridized carbons (Fsp3) is 0.409. The summed E-state index contributed by atoms with van der Waals surface area (Å²) in [6, 6.07) is 13.9. The summed E-state index contributed by atoms with van der Waals surface area (Å²) < 4.78 is 66.4. The molecule has 1 saturated heterocycles. The van der Waals surface area contributed by atoms with Crippen molar-refractivity contribution in [2.45, 2.75) is 36.8 Å². The molecule has 9 heteroatoms. The molecule has 1 atom stereocenters. The van der Waals surface area contributed by atoms with Crippen molar-refractivity contribution in [3.8, 4) is 0 Å². The molecule has 1 amide bonds. The second-order valence-electron chi connectivity index (χ2n) is 7.73. The Labute approximate surface area is 180 Å². The summed E-state index contributed by atoms with van der Waals surface area (Å²) in [5.41, 5.74) is -0.0724. The van der Waals surface area contributed by atoms with Gasteiger partial charge in [0.1, 0.15) is 0 Å². The molecule has 0 aromatic heterocycles. The third-order valence-corrected chi connectivity index (χ3v) is 7.54. The van der Waals surface area contributed by atoms with Crippen LogP contribution in [0.4, 0.5) is 13.2 Å². The minimum atomic E-state index is -4.77. The van der Waals surface area contributed by atoms with E-state index < -0.39 is 26.7 Å². The van der Waals surface area contributed by atoms with Gasteiger partial charge in [0.15, 0.2) is 0 Å². The predicted molar refractivity (Wildman–Crippen MR) is 111 cm³/mol. The molecule has 3 rings (SSSR count). The Balaban J connectivity index is 1.60. The maximum atomic E-state index is 13.3. The molecule has 1 aliphatic rings. The lowest BCUT2D eigenvalue weighted by Crippen LogP contribution is -2.43. The van der Waals surface area contributed by atoms with Crippen molar-refractivity contribution in [2.75, 3.05) is 19.6 Å². The number of benzene rings is 2. The minimum absolute atomic E-state index is 0.000844. The fourth-order valence-electron chi connectivity index (χ4n) is 3.72. The SMILES string of the molecule is CC(CNC(=O)C1CCN(S(=O)(=O)c2ccccc2C(F)(F)F)CC1)c1ccccc1. The van der Waals surface area contributed by atoms with Gasteiger partial charge in [-0.1, -0.05) is 49.4 Å². The summed E-state index contributed by atoms with van der Waals surface area (Å²) in [7, 11) is -4.31. The van der Waals surface area contributed by atoms with E-state index in [-0.39, 0.29) is 43.7 Å². The minimum Gasteiger partial charge on any atom is -0.355 e. The number of sulfonamides is 1. The van der Waals surface area contributed by atoms with Crippen molar-refractivity contribution < 1.29 is 26.4 Å². The summed E-state index contributed by atoms with van der Waals surface area (Å²) in [5, 5.41) is 2.91. The summed E-state index contributed by atoms with van der Waals surface area (Å²) in [6.07, 6.45) is -4.24. The van der Waals surface area contributed by atoms with Crippen LogP contribution in [-0.4, -0.2) is 38.3 Å². The fourth-order valence-corrected chi connectivity index (χ4v) is 5.40. The van der Waals surface area contributed by atoms with E-state index in [0.717, 1.165) is 28.1 Å². The van der Waals surface area contributed by atoms with Crippen LogP contribution in [-0.2, 0) is 21.0 Å². The van der Waals surface area contributed by atoms with Crippen LogP contribution >= 0.6 is 0 Å². The highest BCUT2D eigenvalue weighted by Gasteiger charge is 2.40. The van der Waals surface area contributed by atoms with Crippen molar-refractivity contribution in [3.63, 3.8) is 0 Å². The van der Waals surface area contributed by atoms with E-state index in [9.17, 15) is 26.4 Å². The summed E-state index contributed by atoms with van der Waals surface area (Å²) in [4.78, 5) is 11.8. The van der Waals surface area contributed by atoms with Crippen LogP contribution in [0.3, 0.4) is 0 Å². The first-order chi connectivity index (χ1) is 14.6. The average Bonchev–Trinajstić information content (AvgIpc) is 2.77. The first-order valence-corrected chi connectivity index (χ1v) is 11.5. The van der Waals surface area contributed by atoms with Gasteiger partial charge in [0.05, 0.1) is 10.5 Å². The van der Waals surface area contributed by atoms with Gasteiger partial charge in [0.2, 0.25) is 15.9 Å². The van der Waals surface area contributed by atoms with Crippen molar-refractivity contribution >= 4 is 15.9 Å². The molecule has 2 aromatic rings. The molecule has 1 heterocycles. The number of alkyl halides is 3. The Bertz CT molecular complexity index is 1000. The third kappa shape index (κ3) is 5.46. The summed E-state index contributed by atoms with van der Waals surface area (Å²) in [6.45, 7) is 2.46. The molecule has 1 aliphatic heterocycles. The van der Waals surface area contributed by atoms with Gasteiger partial charge in [-0.05, 0) is 36.5 Å². The molecule has 1 N–H and O–H groups in total. The van der Waals surface area contributed by atoms with E-state index in [1.165, 1.54) is 6.07 Å². The molecule has 168 valence electrons. The number of nitrogens with zero attached hydrogens (tertiary/aromatic N) is 1. The zero-order chi connectivity index (χ0) is 22.6. The zero-order valence-corrected chi connectivity index (χ0v) is 17.9. The number of piperidine rings is 1. The Hall–Kier alpha value is -2.39. The average molecular weight is 455 g/mol. The number of carbonyl (C=O) groups excluding carboxylic acids is 1. The highest BCUT2D eigenvalue weighted by molar-refractivity contribution is 7.89. The first kappa shape index (κ1) is 23.3. The Morgan fingerprint density at radius 2 is 1.65 bits per heavy atom. The van der Waals surface area contributed by atoms with E-state index in [1.54, 1.807) is 0 Å². The smallest absolute Gasteiger partial charge is 0.355 e. The highest BCUT2D eigenvalue weighted by atomic mass is 32.2. The lowest BCUT2D eigenvalue weighted by atomic mass is 9.96. The molecule has 1 unspecified atom stereocenters. The van der Waals surface area contributed by atoms with Gasteiger partial charge in [0.25, 0.3) is 0 Å². The molecule has 2 aromatic carbocycles. The van der Waals surface area contributed by atoms with Crippen LogP contribution in [0, 0.1) is 5.92 Å². The molecule has 0 bridgehead atoms. The Morgan fingerprint density at radius 1 is 1.06 bits per heavy atom. The largest absolute Gasteiger partial charge is 0.417 e. The van der Waals surface area contributed by atoms with Gasteiger partial charge >= 0.3 is 6.18 Å². The van der Waals surface area contributed by atoms with E-state index in [0.29, 0.717) is 6.54 Å². The number of hydrogen-bond acceptors (Lipinski definition) is 3. The Kier molecular flexibility index (Phi) is 7.06.